The minimum Gasteiger partial charge on any atom is -0.466 e. The molecule has 0 bridgehead atoms. The summed E-state index contributed by atoms with van der Waals surface area (Å²) in [5.41, 5.74) is 1.82. The molecular formula is C19H22ClFN4O2. The largest absolute Gasteiger partial charge is 0.466 e. The van der Waals surface area contributed by atoms with Crippen LogP contribution in [0.2, 0.25) is 5.28 Å². The second-order valence-corrected chi connectivity index (χ2v) is 6.80. The number of nitrogens with one attached hydrogen (secondary N) is 1. The molecular weight excluding hydrogens is 371 g/mol. The number of anilines is 2. The first kappa shape index (κ1) is 19.5. The fraction of sp³-hybridized carbons (Fsp3) is 0.421. The molecule has 0 unspecified atom stereocenters. The summed E-state index contributed by atoms with van der Waals surface area (Å²) in [6.45, 7) is 4.71. The van der Waals surface area contributed by atoms with Gasteiger partial charge in [0.2, 0.25) is 5.28 Å². The minimum atomic E-state index is -0.564. The van der Waals surface area contributed by atoms with Gasteiger partial charge in [-0.25, -0.2) is 9.37 Å². The monoisotopic (exact) mass is 392 g/mol. The lowest BCUT2D eigenvalue weighted by molar-refractivity contribution is -0.149. The van der Waals surface area contributed by atoms with Gasteiger partial charge in [0, 0.05) is 12.2 Å². The van der Waals surface area contributed by atoms with E-state index in [0.717, 1.165) is 49.9 Å². The summed E-state index contributed by atoms with van der Waals surface area (Å²) in [6.07, 6.45) is 2.65. The molecule has 1 fully saturated rings. The Hall–Kier alpha value is -2.25. The Bertz CT molecular complexity index is 797. The van der Waals surface area contributed by atoms with Gasteiger partial charge in [0.15, 0.2) is 11.6 Å². The lowest BCUT2D eigenvalue weighted by atomic mass is 9.96. The van der Waals surface area contributed by atoms with Gasteiger partial charge in [-0.3, -0.25) is 9.69 Å². The van der Waals surface area contributed by atoms with Crippen LogP contribution in [-0.4, -0.2) is 40.5 Å². The third kappa shape index (κ3) is 5.37. The van der Waals surface area contributed by atoms with Crippen molar-refractivity contribution in [1.82, 2.24) is 14.9 Å². The highest BCUT2D eigenvalue weighted by Crippen LogP contribution is 2.23. The molecule has 27 heavy (non-hydrogen) atoms. The van der Waals surface area contributed by atoms with E-state index < -0.39 is 5.82 Å². The van der Waals surface area contributed by atoms with E-state index in [0.29, 0.717) is 6.61 Å². The van der Waals surface area contributed by atoms with Crippen molar-refractivity contribution in [2.45, 2.75) is 26.3 Å². The highest BCUT2D eigenvalue weighted by atomic mass is 35.5. The summed E-state index contributed by atoms with van der Waals surface area (Å²) >= 11 is 5.73. The van der Waals surface area contributed by atoms with Gasteiger partial charge in [0.1, 0.15) is 0 Å². The van der Waals surface area contributed by atoms with Crippen LogP contribution in [-0.2, 0) is 16.1 Å². The fourth-order valence-electron chi connectivity index (χ4n) is 3.16. The number of esters is 1. The molecule has 0 aliphatic carbocycles. The Morgan fingerprint density at radius 2 is 2.19 bits per heavy atom. The zero-order valence-electron chi connectivity index (χ0n) is 15.1. The predicted molar refractivity (Wildman–Crippen MR) is 101 cm³/mol. The van der Waals surface area contributed by atoms with E-state index in [4.69, 9.17) is 16.3 Å². The second-order valence-electron chi connectivity index (χ2n) is 6.46. The van der Waals surface area contributed by atoms with Crippen LogP contribution < -0.4 is 5.32 Å². The molecule has 1 aromatic heterocycles. The number of halogens is 2. The third-order valence-electron chi connectivity index (χ3n) is 4.52. The van der Waals surface area contributed by atoms with Gasteiger partial charge in [-0.2, -0.15) is 4.98 Å². The summed E-state index contributed by atoms with van der Waals surface area (Å²) in [5.74, 6) is -0.609. The highest BCUT2D eigenvalue weighted by molar-refractivity contribution is 6.28. The molecule has 0 spiro atoms. The molecule has 1 aromatic carbocycles. The van der Waals surface area contributed by atoms with Gasteiger partial charge in [0.05, 0.1) is 18.7 Å². The molecule has 0 atom stereocenters. The van der Waals surface area contributed by atoms with Crippen molar-refractivity contribution < 1.29 is 13.9 Å². The van der Waals surface area contributed by atoms with Gasteiger partial charge >= 0.3 is 5.97 Å². The first-order valence-corrected chi connectivity index (χ1v) is 9.36. The number of carbonyl (C=O) groups is 1. The Kier molecular flexibility index (Phi) is 6.58. The molecule has 0 saturated carbocycles. The minimum absolute atomic E-state index is 0.000288. The van der Waals surface area contributed by atoms with Crippen LogP contribution in [0.1, 0.15) is 25.3 Å². The van der Waals surface area contributed by atoms with Gasteiger partial charge in [-0.1, -0.05) is 12.1 Å². The number of aromatic nitrogens is 2. The number of benzene rings is 1. The van der Waals surface area contributed by atoms with E-state index in [1.165, 1.54) is 0 Å². The maximum absolute atomic E-state index is 13.8. The van der Waals surface area contributed by atoms with Crippen molar-refractivity contribution in [2.24, 2.45) is 5.92 Å². The molecule has 1 aliphatic rings. The first-order chi connectivity index (χ1) is 13.0. The van der Waals surface area contributed by atoms with Crippen LogP contribution >= 0.6 is 11.6 Å². The number of hydrogen-bond donors (Lipinski definition) is 1. The van der Waals surface area contributed by atoms with E-state index in [9.17, 15) is 9.18 Å². The van der Waals surface area contributed by atoms with Crippen LogP contribution in [0.25, 0.3) is 0 Å². The smallest absolute Gasteiger partial charge is 0.309 e. The highest BCUT2D eigenvalue weighted by Gasteiger charge is 2.25. The van der Waals surface area contributed by atoms with Gasteiger partial charge < -0.3 is 10.1 Å². The maximum atomic E-state index is 13.8. The average molecular weight is 393 g/mol. The summed E-state index contributed by atoms with van der Waals surface area (Å²) < 4.78 is 18.9. The maximum Gasteiger partial charge on any atom is 0.309 e. The van der Waals surface area contributed by atoms with E-state index in [2.05, 4.69) is 20.2 Å². The van der Waals surface area contributed by atoms with Crippen molar-refractivity contribution in [1.29, 1.82) is 0 Å². The molecule has 1 saturated heterocycles. The Balaban J connectivity index is 1.58. The molecule has 6 nitrogen and oxygen atoms in total. The van der Waals surface area contributed by atoms with Crippen LogP contribution in [0.5, 0.6) is 0 Å². The van der Waals surface area contributed by atoms with E-state index in [1.54, 1.807) is 0 Å². The van der Waals surface area contributed by atoms with Crippen molar-refractivity contribution in [2.75, 3.05) is 25.0 Å². The molecule has 8 heteroatoms. The summed E-state index contributed by atoms with van der Waals surface area (Å²) in [4.78, 5) is 21.6. The Morgan fingerprint density at radius 1 is 1.41 bits per heavy atom. The van der Waals surface area contributed by atoms with Crippen molar-refractivity contribution in [3.05, 3.63) is 47.1 Å². The molecule has 2 heterocycles. The predicted octanol–water partition coefficient (Wildman–Crippen LogP) is 3.79. The second kappa shape index (κ2) is 9.10. The number of nitrogens with zero attached hydrogens (tertiary/aromatic N) is 3. The summed E-state index contributed by atoms with van der Waals surface area (Å²) in [6, 6.07) is 7.72. The molecule has 1 N–H and O–H groups in total. The first-order valence-electron chi connectivity index (χ1n) is 8.98. The lowest BCUT2D eigenvalue weighted by Gasteiger charge is -2.30. The Morgan fingerprint density at radius 3 is 2.93 bits per heavy atom. The number of piperidine rings is 1. The zero-order chi connectivity index (χ0) is 19.2. The fourth-order valence-corrected chi connectivity index (χ4v) is 3.30. The van der Waals surface area contributed by atoms with Crippen LogP contribution in [0, 0.1) is 11.7 Å². The number of rotatable bonds is 6. The van der Waals surface area contributed by atoms with Crippen molar-refractivity contribution in [3.8, 4) is 0 Å². The Labute approximate surface area is 162 Å². The topological polar surface area (TPSA) is 67.3 Å². The summed E-state index contributed by atoms with van der Waals surface area (Å²) in [5, 5.41) is 2.92. The number of ether oxygens (including phenoxy) is 1. The third-order valence-corrected chi connectivity index (χ3v) is 4.70. The summed E-state index contributed by atoms with van der Waals surface area (Å²) in [7, 11) is 0. The number of carbonyl (C=O) groups excluding carboxylic acids is 1. The van der Waals surface area contributed by atoms with Crippen LogP contribution in [0.4, 0.5) is 15.9 Å². The normalized spacial score (nSPS) is 15.5. The van der Waals surface area contributed by atoms with E-state index >= 15 is 0 Å². The molecule has 144 valence electrons. The lowest BCUT2D eigenvalue weighted by Crippen LogP contribution is -2.36. The van der Waals surface area contributed by atoms with Crippen molar-refractivity contribution in [3.63, 3.8) is 0 Å². The zero-order valence-corrected chi connectivity index (χ0v) is 15.9. The SMILES string of the molecule is CCOC(=O)C1CCN(Cc2cccc(Nc3nc(Cl)ncc3F)c2)CC1. The van der Waals surface area contributed by atoms with Crippen LogP contribution in [0.15, 0.2) is 30.5 Å². The van der Waals surface area contributed by atoms with Gasteiger partial charge in [0.25, 0.3) is 0 Å². The van der Waals surface area contributed by atoms with Gasteiger partial charge in [-0.15, -0.1) is 0 Å². The number of likely N-dealkylation sites (tertiary alicyclic amines) is 1. The molecule has 0 amide bonds. The van der Waals surface area contributed by atoms with E-state index in [-0.39, 0.29) is 23.0 Å². The van der Waals surface area contributed by atoms with E-state index in [1.807, 2.05) is 31.2 Å². The standard InChI is InChI=1S/C19H22ClFN4O2/c1-2-27-18(26)14-6-8-25(9-7-14)12-13-4-3-5-15(10-13)23-17-16(21)11-22-19(20)24-17/h3-5,10-11,14H,2,6-9,12H2,1H3,(H,22,23,24). The molecule has 0 radical (unpaired) electrons. The van der Waals surface area contributed by atoms with Gasteiger partial charge in [-0.05, 0) is 62.2 Å². The molecule has 3 rings (SSSR count). The molecule has 1 aliphatic heterocycles. The number of hydrogen-bond acceptors (Lipinski definition) is 6. The molecule has 2 aromatic rings. The average Bonchev–Trinajstić information content (AvgIpc) is 2.66. The quantitative estimate of drug-likeness (QED) is 0.596. The van der Waals surface area contributed by atoms with Crippen LogP contribution in [0.3, 0.4) is 0 Å². The van der Waals surface area contributed by atoms with Crippen molar-refractivity contribution >= 4 is 29.1 Å².